The van der Waals surface area contributed by atoms with E-state index in [1.54, 1.807) is 12.2 Å². The van der Waals surface area contributed by atoms with E-state index in [0.29, 0.717) is 17.1 Å². The monoisotopic (exact) mass is 512 g/mol. The molecular weight excluding hydrogens is 485 g/mol. The number of oxazole rings is 1. The number of aromatic nitrogens is 4. The Morgan fingerprint density at radius 2 is 1.76 bits per heavy atom. The third-order valence-corrected chi connectivity index (χ3v) is 5.74. The number of rotatable bonds is 11. The van der Waals surface area contributed by atoms with Crippen LogP contribution in [0.1, 0.15) is 46.8 Å². The van der Waals surface area contributed by atoms with E-state index in [2.05, 4.69) is 33.0 Å². The maximum Gasteiger partial charge on any atom is 0.573 e. The van der Waals surface area contributed by atoms with Gasteiger partial charge in [0.05, 0.1) is 11.9 Å². The smallest absolute Gasteiger partial charge is 0.487 e. The molecule has 194 valence electrons. The molecule has 0 saturated carbocycles. The number of hydrogen-bond donors (Lipinski definition) is 0. The third-order valence-electron chi connectivity index (χ3n) is 5.74. The molecule has 0 unspecified atom stereocenters. The van der Waals surface area contributed by atoms with E-state index < -0.39 is 6.36 Å². The second-order valence-electron chi connectivity index (χ2n) is 8.56. The molecule has 0 atom stereocenters. The first kappa shape index (κ1) is 26.0. The molecule has 4 rings (SSSR count). The minimum atomic E-state index is -4.71. The highest BCUT2D eigenvalue weighted by Crippen LogP contribution is 2.24. The van der Waals surface area contributed by atoms with Crippen molar-refractivity contribution in [3.05, 3.63) is 88.9 Å². The molecule has 4 aromatic rings. The Morgan fingerprint density at radius 1 is 1.00 bits per heavy atom. The van der Waals surface area contributed by atoms with Crippen molar-refractivity contribution in [1.82, 2.24) is 20.0 Å². The van der Waals surface area contributed by atoms with Crippen LogP contribution in [0.2, 0.25) is 0 Å². The van der Waals surface area contributed by atoms with Gasteiger partial charge in [-0.25, -0.2) is 4.98 Å². The predicted octanol–water partition coefficient (Wildman–Crippen LogP) is 6.32. The molecule has 0 aliphatic rings. The second-order valence-corrected chi connectivity index (χ2v) is 8.56. The zero-order valence-electron chi connectivity index (χ0n) is 20.5. The number of benzene rings is 2. The first-order chi connectivity index (χ1) is 17.7. The number of halogens is 3. The molecule has 7 nitrogen and oxygen atoms in total. The standard InChI is InChI=1S/C27H27F3N4O3/c1-19-15-25(13-10-21(19)5-3-4-6-23-16-31-33-34(23)2)35-17-22-18-36-26(32-22)14-9-20-7-11-24(12-8-20)37-27(28,29)30/h7-16,18H,3-6,17H2,1-2H3. The molecule has 0 spiro atoms. The Bertz CT molecular complexity index is 1330. The van der Waals surface area contributed by atoms with E-state index in [0.717, 1.165) is 37.1 Å². The molecule has 0 aliphatic carbocycles. The molecular formula is C27H27F3N4O3. The Morgan fingerprint density at radius 3 is 2.46 bits per heavy atom. The lowest BCUT2D eigenvalue weighted by atomic mass is 10.0. The number of hydrogen-bond acceptors (Lipinski definition) is 6. The van der Waals surface area contributed by atoms with Crippen molar-refractivity contribution in [1.29, 1.82) is 0 Å². The summed E-state index contributed by atoms with van der Waals surface area (Å²) in [6, 6.07) is 11.6. The lowest BCUT2D eigenvalue weighted by molar-refractivity contribution is -0.274. The van der Waals surface area contributed by atoms with Gasteiger partial charge in [0.15, 0.2) is 0 Å². The number of unbranched alkanes of at least 4 members (excludes halogenated alkanes) is 1. The van der Waals surface area contributed by atoms with Crippen molar-refractivity contribution in [2.24, 2.45) is 7.05 Å². The maximum absolute atomic E-state index is 12.3. The Labute approximate surface area is 212 Å². The molecule has 10 heteroatoms. The van der Waals surface area contributed by atoms with Crippen molar-refractivity contribution >= 4 is 12.2 Å². The fraction of sp³-hybridized carbons (Fsp3) is 0.296. The maximum atomic E-state index is 12.3. The van der Waals surface area contributed by atoms with Gasteiger partial charge >= 0.3 is 6.36 Å². The van der Waals surface area contributed by atoms with Gasteiger partial charge in [-0.3, -0.25) is 4.68 Å². The van der Waals surface area contributed by atoms with E-state index in [-0.39, 0.29) is 12.4 Å². The van der Waals surface area contributed by atoms with Gasteiger partial charge in [-0.2, -0.15) is 0 Å². The van der Waals surface area contributed by atoms with Crippen LogP contribution in [-0.4, -0.2) is 26.3 Å². The highest BCUT2D eigenvalue weighted by atomic mass is 19.4. The highest BCUT2D eigenvalue weighted by molar-refractivity contribution is 5.66. The molecule has 2 aromatic carbocycles. The minimum absolute atomic E-state index is 0.248. The van der Waals surface area contributed by atoms with E-state index in [9.17, 15) is 13.2 Å². The van der Waals surface area contributed by atoms with Crippen molar-refractivity contribution in [3.8, 4) is 11.5 Å². The van der Waals surface area contributed by atoms with Crippen LogP contribution in [0.5, 0.6) is 11.5 Å². The highest BCUT2D eigenvalue weighted by Gasteiger charge is 2.30. The largest absolute Gasteiger partial charge is 0.573 e. The first-order valence-electron chi connectivity index (χ1n) is 11.8. The minimum Gasteiger partial charge on any atom is -0.487 e. The summed E-state index contributed by atoms with van der Waals surface area (Å²) in [5, 5.41) is 7.87. The molecule has 0 saturated heterocycles. The molecule has 37 heavy (non-hydrogen) atoms. The van der Waals surface area contributed by atoms with Crippen molar-refractivity contribution < 1.29 is 27.1 Å². The van der Waals surface area contributed by atoms with Crippen LogP contribution in [-0.2, 0) is 26.5 Å². The number of aryl methyl sites for hydroxylation is 4. The first-order valence-corrected chi connectivity index (χ1v) is 11.8. The SMILES string of the molecule is Cc1cc(OCc2coc(C=Cc3ccc(OC(F)(F)F)cc3)n2)ccc1CCCCc1cnnn1C. The molecule has 0 bridgehead atoms. The molecule has 0 amide bonds. The number of ether oxygens (including phenoxy) is 2. The van der Waals surface area contributed by atoms with Crippen LogP contribution in [0.15, 0.2) is 59.3 Å². The Kier molecular flexibility index (Phi) is 8.27. The van der Waals surface area contributed by atoms with Crippen LogP contribution in [0.25, 0.3) is 12.2 Å². The van der Waals surface area contributed by atoms with Gasteiger partial charge in [0.1, 0.15) is 30.1 Å². The lowest BCUT2D eigenvalue weighted by Gasteiger charge is -2.09. The fourth-order valence-corrected chi connectivity index (χ4v) is 3.77. The van der Waals surface area contributed by atoms with Crippen molar-refractivity contribution in [2.45, 2.75) is 45.6 Å². The third kappa shape index (κ3) is 7.96. The molecule has 0 aliphatic heterocycles. The summed E-state index contributed by atoms with van der Waals surface area (Å²) in [6.07, 6.45) is 6.02. The quantitative estimate of drug-likeness (QED) is 0.219. The summed E-state index contributed by atoms with van der Waals surface area (Å²) in [6.45, 7) is 2.33. The number of nitrogens with zero attached hydrogens (tertiary/aromatic N) is 4. The van der Waals surface area contributed by atoms with E-state index in [1.807, 2.05) is 30.1 Å². The Hall–Kier alpha value is -4.08. The van der Waals surface area contributed by atoms with Gasteiger partial charge in [-0.15, -0.1) is 18.3 Å². The Balaban J connectivity index is 1.23. The lowest BCUT2D eigenvalue weighted by Crippen LogP contribution is -2.16. The average Bonchev–Trinajstić information content (AvgIpc) is 3.48. The van der Waals surface area contributed by atoms with Crippen LogP contribution in [0, 0.1) is 6.92 Å². The van der Waals surface area contributed by atoms with E-state index in [4.69, 9.17) is 9.15 Å². The van der Waals surface area contributed by atoms with Crippen molar-refractivity contribution in [2.75, 3.05) is 0 Å². The van der Waals surface area contributed by atoms with Gasteiger partial charge in [-0.1, -0.05) is 23.4 Å². The molecule has 0 N–H and O–H groups in total. The summed E-state index contributed by atoms with van der Waals surface area (Å²) >= 11 is 0. The van der Waals surface area contributed by atoms with Crippen LogP contribution in [0.4, 0.5) is 13.2 Å². The van der Waals surface area contributed by atoms with Gasteiger partial charge < -0.3 is 13.9 Å². The second kappa shape index (κ2) is 11.8. The van der Waals surface area contributed by atoms with Crippen LogP contribution >= 0.6 is 0 Å². The molecule has 0 radical (unpaired) electrons. The van der Waals surface area contributed by atoms with Gasteiger partial charge in [0.2, 0.25) is 5.89 Å². The van der Waals surface area contributed by atoms with E-state index >= 15 is 0 Å². The summed E-state index contributed by atoms with van der Waals surface area (Å²) in [4.78, 5) is 4.36. The summed E-state index contributed by atoms with van der Waals surface area (Å²) in [5.74, 6) is 0.841. The topological polar surface area (TPSA) is 75.2 Å². The van der Waals surface area contributed by atoms with Gasteiger partial charge in [-0.05, 0) is 79.6 Å². The van der Waals surface area contributed by atoms with Gasteiger partial charge in [0.25, 0.3) is 0 Å². The molecule has 2 aromatic heterocycles. The molecule has 0 fully saturated rings. The summed E-state index contributed by atoms with van der Waals surface area (Å²) < 4.78 is 53.8. The summed E-state index contributed by atoms with van der Waals surface area (Å²) in [5.41, 5.74) is 4.91. The van der Waals surface area contributed by atoms with E-state index in [1.165, 1.54) is 41.7 Å². The van der Waals surface area contributed by atoms with Crippen molar-refractivity contribution in [3.63, 3.8) is 0 Å². The molecule has 2 heterocycles. The average molecular weight is 513 g/mol. The summed E-state index contributed by atoms with van der Waals surface area (Å²) in [7, 11) is 1.91. The number of alkyl halides is 3. The zero-order valence-corrected chi connectivity index (χ0v) is 20.5. The predicted molar refractivity (Wildman–Crippen MR) is 132 cm³/mol. The van der Waals surface area contributed by atoms with Gasteiger partial charge in [0, 0.05) is 13.1 Å². The van der Waals surface area contributed by atoms with Crippen LogP contribution in [0.3, 0.4) is 0 Å². The normalized spacial score (nSPS) is 11.8. The van der Waals surface area contributed by atoms with Crippen LogP contribution < -0.4 is 9.47 Å². The fourth-order valence-electron chi connectivity index (χ4n) is 3.77. The zero-order chi connectivity index (χ0) is 26.3.